The lowest BCUT2D eigenvalue weighted by atomic mass is 10.2. The van der Waals surface area contributed by atoms with E-state index in [2.05, 4.69) is 16.9 Å². The van der Waals surface area contributed by atoms with Gasteiger partial charge in [0.2, 0.25) is 0 Å². The van der Waals surface area contributed by atoms with Crippen LogP contribution in [0.5, 0.6) is 0 Å². The summed E-state index contributed by atoms with van der Waals surface area (Å²) < 4.78 is 0. The molecule has 0 aliphatic rings. The molecule has 1 N–H and O–H groups in total. The topological polar surface area (TPSA) is 37.4 Å². The predicted molar refractivity (Wildman–Crippen MR) is 57.6 cm³/mol. The Bertz CT molecular complexity index is 464. The number of oxime groups is 1. The number of nitrogens with one attached hydrogen (secondary N) is 1. The number of benzene rings is 1. The number of halogens is 1. The van der Waals surface area contributed by atoms with Gasteiger partial charge in [0.15, 0.2) is 6.61 Å². The number of H-pyrrole nitrogens is 1. The van der Waals surface area contributed by atoms with Gasteiger partial charge >= 0.3 is 0 Å². The molecule has 2 rings (SSSR count). The summed E-state index contributed by atoms with van der Waals surface area (Å²) in [6.07, 6.45) is 0. The quantitative estimate of drug-likeness (QED) is 0.611. The lowest BCUT2D eigenvalue weighted by molar-refractivity contribution is 0.131. The highest BCUT2D eigenvalue weighted by Crippen LogP contribution is 2.24. The number of hydrogen-bond acceptors (Lipinski definition) is 2. The van der Waals surface area contributed by atoms with Crippen molar-refractivity contribution in [3.05, 3.63) is 35.0 Å². The normalized spacial score (nSPS) is 10.4. The minimum absolute atomic E-state index is 0.383. The Morgan fingerprint density at radius 2 is 2.36 bits per heavy atom. The molecule has 0 unspecified atom stereocenters. The van der Waals surface area contributed by atoms with Gasteiger partial charge in [-0.15, -0.1) is 5.16 Å². The summed E-state index contributed by atoms with van der Waals surface area (Å²) in [7, 11) is 0. The molecular weight excluding hydrogens is 200 g/mol. The standard InChI is InChI=1S/C10H9ClN2O/c1-12-14-6-7-5-8-9(11)3-2-4-10(8)13-7/h2-5,13H,1,6H2. The van der Waals surface area contributed by atoms with Gasteiger partial charge in [0.1, 0.15) is 0 Å². The Kier molecular flexibility index (Phi) is 2.41. The van der Waals surface area contributed by atoms with Crippen LogP contribution in [-0.2, 0) is 11.4 Å². The van der Waals surface area contributed by atoms with E-state index >= 15 is 0 Å². The molecule has 14 heavy (non-hydrogen) atoms. The summed E-state index contributed by atoms with van der Waals surface area (Å²) in [6, 6.07) is 7.67. The van der Waals surface area contributed by atoms with Crippen molar-refractivity contribution < 1.29 is 4.84 Å². The predicted octanol–water partition coefficient (Wildman–Crippen LogP) is 2.95. The first-order valence-corrected chi connectivity index (χ1v) is 4.53. The maximum atomic E-state index is 6.01. The zero-order valence-electron chi connectivity index (χ0n) is 7.46. The zero-order chi connectivity index (χ0) is 9.97. The third kappa shape index (κ3) is 1.59. The first-order valence-electron chi connectivity index (χ1n) is 4.15. The largest absolute Gasteiger partial charge is 0.390 e. The minimum Gasteiger partial charge on any atom is -0.390 e. The molecule has 0 spiro atoms. The van der Waals surface area contributed by atoms with Crippen LogP contribution in [0.2, 0.25) is 5.02 Å². The van der Waals surface area contributed by atoms with Gasteiger partial charge in [-0.25, -0.2) is 0 Å². The molecule has 0 amide bonds. The molecule has 72 valence electrons. The van der Waals surface area contributed by atoms with Crippen molar-refractivity contribution >= 4 is 29.2 Å². The van der Waals surface area contributed by atoms with Crippen molar-refractivity contribution in [2.75, 3.05) is 0 Å². The average molecular weight is 209 g/mol. The van der Waals surface area contributed by atoms with Crippen LogP contribution in [0.25, 0.3) is 10.9 Å². The van der Waals surface area contributed by atoms with E-state index in [0.29, 0.717) is 6.61 Å². The molecule has 0 bridgehead atoms. The van der Waals surface area contributed by atoms with Gasteiger partial charge in [0.05, 0.1) is 5.69 Å². The van der Waals surface area contributed by atoms with Gasteiger partial charge in [-0.1, -0.05) is 17.7 Å². The first-order chi connectivity index (χ1) is 6.81. The van der Waals surface area contributed by atoms with Crippen LogP contribution >= 0.6 is 11.6 Å². The minimum atomic E-state index is 0.383. The molecule has 0 atom stereocenters. The number of hydrogen-bond donors (Lipinski definition) is 1. The van der Waals surface area contributed by atoms with Crippen molar-refractivity contribution in [3.8, 4) is 0 Å². The number of nitrogens with zero attached hydrogens (tertiary/aromatic N) is 1. The maximum Gasteiger partial charge on any atom is 0.156 e. The van der Waals surface area contributed by atoms with Gasteiger partial charge in [0.25, 0.3) is 0 Å². The molecule has 1 aromatic carbocycles. The molecule has 0 saturated heterocycles. The Morgan fingerprint density at radius 3 is 3.07 bits per heavy atom. The maximum absolute atomic E-state index is 6.01. The van der Waals surface area contributed by atoms with Gasteiger partial charge in [-0.3, -0.25) is 0 Å². The van der Waals surface area contributed by atoms with Gasteiger partial charge in [-0.2, -0.15) is 0 Å². The number of aromatic amines is 1. The van der Waals surface area contributed by atoms with Crippen LogP contribution < -0.4 is 0 Å². The van der Waals surface area contributed by atoms with E-state index in [1.807, 2.05) is 24.3 Å². The number of fused-ring (bicyclic) bond motifs is 1. The van der Waals surface area contributed by atoms with Crippen molar-refractivity contribution in [1.82, 2.24) is 4.98 Å². The molecule has 0 radical (unpaired) electrons. The summed E-state index contributed by atoms with van der Waals surface area (Å²) >= 11 is 6.01. The Balaban J connectivity index is 2.41. The van der Waals surface area contributed by atoms with Crippen LogP contribution in [0.4, 0.5) is 0 Å². The highest BCUT2D eigenvalue weighted by Gasteiger charge is 2.03. The van der Waals surface area contributed by atoms with E-state index < -0.39 is 0 Å². The van der Waals surface area contributed by atoms with E-state index in [-0.39, 0.29) is 0 Å². The lowest BCUT2D eigenvalue weighted by Crippen LogP contribution is -1.84. The van der Waals surface area contributed by atoms with E-state index in [9.17, 15) is 0 Å². The van der Waals surface area contributed by atoms with Crippen LogP contribution in [0, 0.1) is 0 Å². The third-order valence-electron chi connectivity index (χ3n) is 1.98. The molecule has 3 nitrogen and oxygen atoms in total. The summed E-state index contributed by atoms with van der Waals surface area (Å²) in [5.41, 5.74) is 1.93. The van der Waals surface area contributed by atoms with E-state index in [4.69, 9.17) is 16.4 Å². The fourth-order valence-corrected chi connectivity index (χ4v) is 1.60. The lowest BCUT2D eigenvalue weighted by Gasteiger charge is -1.92. The third-order valence-corrected chi connectivity index (χ3v) is 2.31. The van der Waals surface area contributed by atoms with Crippen molar-refractivity contribution in [2.45, 2.75) is 6.61 Å². The van der Waals surface area contributed by atoms with E-state index in [0.717, 1.165) is 21.6 Å². The SMILES string of the molecule is C=NOCc1cc2c(Cl)cccc2[nH]1. The Labute approximate surface area is 86.3 Å². The fourth-order valence-electron chi connectivity index (χ4n) is 1.37. The summed E-state index contributed by atoms with van der Waals surface area (Å²) in [6.45, 7) is 3.62. The second kappa shape index (κ2) is 3.72. The van der Waals surface area contributed by atoms with Crippen molar-refractivity contribution in [2.24, 2.45) is 5.16 Å². The second-order valence-corrected chi connectivity index (χ2v) is 3.31. The molecule has 0 saturated carbocycles. The molecule has 1 aromatic heterocycles. The molecule has 0 fully saturated rings. The first kappa shape index (κ1) is 9.09. The van der Waals surface area contributed by atoms with Gasteiger partial charge in [0, 0.05) is 22.6 Å². The van der Waals surface area contributed by atoms with Crippen LogP contribution in [0.3, 0.4) is 0 Å². The molecular formula is C10H9ClN2O. The fraction of sp³-hybridized carbons (Fsp3) is 0.100. The molecule has 0 aliphatic carbocycles. The molecule has 4 heteroatoms. The van der Waals surface area contributed by atoms with Gasteiger partial charge in [-0.05, 0) is 18.2 Å². The zero-order valence-corrected chi connectivity index (χ0v) is 8.21. The summed E-state index contributed by atoms with van der Waals surface area (Å²) in [4.78, 5) is 8.00. The molecule has 1 heterocycles. The van der Waals surface area contributed by atoms with Crippen LogP contribution in [-0.4, -0.2) is 11.7 Å². The number of rotatable bonds is 3. The smallest absolute Gasteiger partial charge is 0.156 e. The number of aromatic nitrogens is 1. The van der Waals surface area contributed by atoms with E-state index in [1.165, 1.54) is 0 Å². The Morgan fingerprint density at radius 1 is 1.50 bits per heavy atom. The van der Waals surface area contributed by atoms with Crippen LogP contribution in [0.1, 0.15) is 5.69 Å². The molecule has 0 aliphatic heterocycles. The van der Waals surface area contributed by atoms with Crippen molar-refractivity contribution in [1.29, 1.82) is 0 Å². The highest BCUT2D eigenvalue weighted by atomic mass is 35.5. The molecule has 2 aromatic rings. The summed E-state index contributed by atoms with van der Waals surface area (Å²) in [5.74, 6) is 0. The van der Waals surface area contributed by atoms with E-state index in [1.54, 1.807) is 0 Å². The second-order valence-electron chi connectivity index (χ2n) is 2.90. The van der Waals surface area contributed by atoms with Gasteiger partial charge < -0.3 is 9.82 Å². The van der Waals surface area contributed by atoms with Crippen LogP contribution in [0.15, 0.2) is 29.4 Å². The van der Waals surface area contributed by atoms with Crippen molar-refractivity contribution in [3.63, 3.8) is 0 Å². The highest BCUT2D eigenvalue weighted by molar-refractivity contribution is 6.35. The Hall–Kier alpha value is -1.48. The monoisotopic (exact) mass is 208 g/mol. The average Bonchev–Trinajstić information content (AvgIpc) is 2.59. The summed E-state index contributed by atoms with van der Waals surface area (Å²) in [5, 5.41) is 5.05.